The van der Waals surface area contributed by atoms with Crippen LogP contribution in [0.5, 0.6) is 11.5 Å². The van der Waals surface area contributed by atoms with Crippen molar-refractivity contribution < 1.29 is 31.6 Å². The van der Waals surface area contributed by atoms with E-state index in [4.69, 9.17) is 4.74 Å². The monoisotopic (exact) mass is 423 g/mol. The second kappa shape index (κ2) is 19.1. The fourth-order valence-electron chi connectivity index (χ4n) is 1.47. The summed E-state index contributed by atoms with van der Waals surface area (Å²) in [4.78, 5) is 0. The van der Waals surface area contributed by atoms with Crippen LogP contribution in [0.1, 0.15) is 32.8 Å². The fourth-order valence-corrected chi connectivity index (χ4v) is 1.47. The molecule has 1 aliphatic rings. The van der Waals surface area contributed by atoms with Crippen molar-refractivity contribution >= 4 is 35.8 Å². The zero-order valence-corrected chi connectivity index (χ0v) is 19.5. The molecule has 0 atom stereocenters. The molecule has 0 unspecified atom stereocenters. The third-order valence-electron chi connectivity index (χ3n) is 2.58. The van der Waals surface area contributed by atoms with Gasteiger partial charge in [0.1, 0.15) is 11.5 Å². The van der Waals surface area contributed by atoms with Crippen LogP contribution in [0, 0.1) is 20.9 Å². The van der Waals surface area contributed by atoms with Gasteiger partial charge in [-0.05, 0) is 23.1 Å². The molecule has 0 amide bonds. The summed E-state index contributed by atoms with van der Waals surface area (Å²) in [7, 11) is 1.60. The third kappa shape index (κ3) is 15.3. The van der Waals surface area contributed by atoms with Crippen LogP contribution in [0.25, 0.3) is 0 Å². The molecule has 0 heterocycles. The van der Waals surface area contributed by atoms with E-state index in [0.29, 0.717) is 5.75 Å². The van der Waals surface area contributed by atoms with Crippen molar-refractivity contribution in [3.05, 3.63) is 62.9 Å². The molecule has 6 heteroatoms. The van der Waals surface area contributed by atoms with Gasteiger partial charge < -0.3 is 24.7 Å². The molecule has 5 radical (unpaired) electrons. The molecule has 1 aromatic carbocycles. The molecule has 24 heavy (non-hydrogen) atoms. The fraction of sp³-hybridized carbons (Fsp3) is 0.333. The van der Waals surface area contributed by atoms with Crippen LogP contribution in [-0.4, -0.2) is 23.2 Å². The SMILES string of the molecule is COc1cc(O)cc(C(C)(C)C)c1.Cl.Cl.[C-]1=CC=CC1.[CH3-].[CH3-].[Si].[Ti+3]. The molecule has 0 fully saturated rings. The van der Waals surface area contributed by atoms with E-state index in [0.717, 1.165) is 12.0 Å². The topological polar surface area (TPSA) is 29.5 Å². The van der Waals surface area contributed by atoms with Gasteiger partial charge in [0.05, 0.1) is 7.11 Å². The van der Waals surface area contributed by atoms with Crippen molar-refractivity contribution in [3.8, 4) is 11.5 Å². The number of hydrogen-bond acceptors (Lipinski definition) is 2. The standard InChI is InChI=1S/C11H16O2.C5H5.2CH3.2ClH.Si.Ti/c1-11(2,3)8-5-9(12)7-10(6-8)13-4;1-2-4-5-3-1;;;;;;/h5-7,12H,1-4H3;1-3H,4H2;2*1H3;2*1H;;/q;3*-1;;;;+3. The van der Waals surface area contributed by atoms with E-state index in [9.17, 15) is 5.11 Å². The van der Waals surface area contributed by atoms with Gasteiger partial charge in [-0.1, -0.05) is 20.8 Å². The summed E-state index contributed by atoms with van der Waals surface area (Å²) >= 11 is 0. The van der Waals surface area contributed by atoms with Crippen molar-refractivity contribution in [2.24, 2.45) is 0 Å². The van der Waals surface area contributed by atoms with Crippen molar-refractivity contribution in [1.29, 1.82) is 0 Å². The Bertz CT molecular complexity index is 449. The maximum Gasteiger partial charge on any atom is 3.00 e. The first-order valence-electron chi connectivity index (χ1n) is 6.04. The summed E-state index contributed by atoms with van der Waals surface area (Å²) < 4.78 is 5.07. The first-order valence-corrected chi connectivity index (χ1v) is 6.04. The number of hydrogen-bond donors (Lipinski definition) is 1. The zero-order chi connectivity index (χ0) is 13.6. The summed E-state index contributed by atoms with van der Waals surface area (Å²) in [5.74, 6) is 0.953. The largest absolute Gasteiger partial charge is 3.00 e. The van der Waals surface area contributed by atoms with E-state index < -0.39 is 0 Å². The minimum atomic E-state index is 0. The van der Waals surface area contributed by atoms with E-state index >= 15 is 0 Å². The van der Waals surface area contributed by atoms with Gasteiger partial charge in [0.2, 0.25) is 0 Å². The van der Waals surface area contributed by atoms with Gasteiger partial charge in [0, 0.05) is 17.0 Å². The molecule has 2 rings (SSSR count). The van der Waals surface area contributed by atoms with Gasteiger partial charge in [0.15, 0.2) is 0 Å². The minimum absolute atomic E-state index is 0. The summed E-state index contributed by atoms with van der Waals surface area (Å²) in [5.41, 5.74) is 1.11. The number of aromatic hydroxyl groups is 1. The predicted molar refractivity (Wildman–Crippen MR) is 108 cm³/mol. The number of phenols is 1. The quantitative estimate of drug-likeness (QED) is 0.486. The minimum Gasteiger partial charge on any atom is -0.508 e. The number of rotatable bonds is 1. The maximum atomic E-state index is 9.41. The molecule has 0 bridgehead atoms. The second-order valence-corrected chi connectivity index (χ2v) is 5.17. The van der Waals surface area contributed by atoms with Crippen LogP contribution >= 0.6 is 24.8 Å². The van der Waals surface area contributed by atoms with Crippen molar-refractivity contribution in [3.63, 3.8) is 0 Å². The summed E-state index contributed by atoms with van der Waals surface area (Å²) in [6, 6.07) is 5.32. The number of benzene rings is 1. The van der Waals surface area contributed by atoms with E-state index in [-0.39, 0.29) is 83.5 Å². The molecular formula is C18H29Cl2O2SiTi. The number of ether oxygens (including phenoxy) is 1. The van der Waals surface area contributed by atoms with Crippen LogP contribution in [0.2, 0.25) is 0 Å². The number of halogens is 2. The molecule has 0 aliphatic heterocycles. The first-order chi connectivity index (χ1) is 8.43. The Morgan fingerprint density at radius 1 is 1.08 bits per heavy atom. The van der Waals surface area contributed by atoms with Crippen molar-refractivity contribution in [2.45, 2.75) is 32.6 Å². The average molecular weight is 424 g/mol. The summed E-state index contributed by atoms with van der Waals surface area (Å²) in [6.07, 6.45) is 10.0. The smallest absolute Gasteiger partial charge is 0.508 e. The van der Waals surface area contributed by atoms with Gasteiger partial charge in [0.25, 0.3) is 0 Å². The van der Waals surface area contributed by atoms with Gasteiger partial charge >= 0.3 is 21.7 Å². The second-order valence-electron chi connectivity index (χ2n) is 5.17. The Morgan fingerprint density at radius 3 is 1.92 bits per heavy atom. The molecule has 1 aromatic rings. The summed E-state index contributed by atoms with van der Waals surface area (Å²) in [6.45, 7) is 6.30. The molecular weight excluding hydrogens is 395 g/mol. The van der Waals surface area contributed by atoms with Crippen LogP contribution in [0.15, 0.2) is 36.4 Å². The predicted octanol–water partition coefficient (Wildman–Crippen LogP) is 5.36. The number of phenolic OH excluding ortho intramolecular Hbond substituents is 1. The maximum absolute atomic E-state index is 9.41. The van der Waals surface area contributed by atoms with Gasteiger partial charge in [-0.3, -0.25) is 6.08 Å². The molecule has 0 saturated heterocycles. The van der Waals surface area contributed by atoms with E-state index in [1.54, 1.807) is 19.2 Å². The Balaban J connectivity index is -0.0000000650. The third-order valence-corrected chi connectivity index (χ3v) is 2.58. The van der Waals surface area contributed by atoms with Crippen LogP contribution < -0.4 is 4.74 Å². The Hall–Kier alpha value is -0.189. The van der Waals surface area contributed by atoms with Crippen molar-refractivity contribution in [1.82, 2.24) is 0 Å². The molecule has 0 aromatic heterocycles. The number of allylic oxidation sites excluding steroid dienone is 4. The molecule has 1 aliphatic carbocycles. The molecule has 0 saturated carbocycles. The van der Waals surface area contributed by atoms with Gasteiger partial charge in [-0.15, -0.1) is 31.2 Å². The molecule has 2 nitrogen and oxygen atoms in total. The number of methoxy groups -OCH3 is 1. The van der Waals surface area contributed by atoms with Gasteiger partial charge in [-0.25, -0.2) is 12.2 Å². The average Bonchev–Trinajstić information content (AvgIpc) is 2.85. The molecule has 135 valence electrons. The van der Waals surface area contributed by atoms with Crippen LogP contribution in [-0.2, 0) is 27.1 Å². The Kier molecular flexibility index (Phi) is 31.1. The molecule has 0 spiro atoms. The van der Waals surface area contributed by atoms with Crippen molar-refractivity contribution in [2.75, 3.05) is 7.11 Å². The van der Waals surface area contributed by atoms with E-state index in [1.165, 1.54) is 0 Å². The first kappa shape index (κ1) is 39.1. The summed E-state index contributed by atoms with van der Waals surface area (Å²) in [5, 5.41) is 9.41. The molecule has 1 N–H and O–H groups in total. The Labute approximate surface area is 180 Å². The van der Waals surface area contributed by atoms with E-state index in [1.807, 2.05) is 18.2 Å². The Morgan fingerprint density at radius 2 is 1.62 bits per heavy atom. The van der Waals surface area contributed by atoms with Crippen LogP contribution in [0.4, 0.5) is 0 Å². The van der Waals surface area contributed by atoms with Crippen LogP contribution in [0.3, 0.4) is 0 Å². The van der Waals surface area contributed by atoms with Gasteiger partial charge in [-0.2, -0.15) is 6.08 Å². The normalized spacial score (nSPS) is 9.83. The zero-order valence-electron chi connectivity index (χ0n) is 15.3. The van der Waals surface area contributed by atoms with E-state index in [2.05, 4.69) is 32.9 Å².